The van der Waals surface area contributed by atoms with Crippen LogP contribution in [0.5, 0.6) is 0 Å². The molecule has 3 atom stereocenters. The highest BCUT2D eigenvalue weighted by molar-refractivity contribution is 4.68. The maximum atomic E-state index is 2.48. The fraction of sp³-hybridized carbons (Fsp3) is 1.00. The van der Waals surface area contributed by atoms with Crippen molar-refractivity contribution in [3.63, 3.8) is 0 Å². The molecule has 0 aliphatic carbocycles. The van der Waals surface area contributed by atoms with E-state index in [1.165, 1.54) is 51.4 Å². The van der Waals surface area contributed by atoms with Crippen molar-refractivity contribution in [2.24, 2.45) is 17.8 Å². The van der Waals surface area contributed by atoms with Gasteiger partial charge in [-0.3, -0.25) is 0 Å². The predicted molar refractivity (Wildman–Crippen MR) is 75.8 cm³/mol. The molecule has 0 nitrogen and oxygen atoms in total. The van der Waals surface area contributed by atoms with Gasteiger partial charge in [-0.25, -0.2) is 0 Å². The van der Waals surface area contributed by atoms with Crippen LogP contribution in [0.2, 0.25) is 0 Å². The molecule has 0 rings (SSSR count). The highest BCUT2D eigenvalue weighted by Gasteiger charge is 2.17. The summed E-state index contributed by atoms with van der Waals surface area (Å²) in [5, 5.41) is 0. The van der Waals surface area contributed by atoms with Crippen LogP contribution >= 0.6 is 0 Å². The standard InChI is InChI=1S/C16H34/c1-6-9-11-14(4)13-15(5)16(8-3)12-10-7-2/h14-16H,6-13H2,1-5H3. The minimum absolute atomic E-state index is 0.934. The van der Waals surface area contributed by atoms with Gasteiger partial charge >= 0.3 is 0 Å². The maximum Gasteiger partial charge on any atom is -0.0391 e. The van der Waals surface area contributed by atoms with Crippen LogP contribution in [-0.4, -0.2) is 0 Å². The molecular formula is C16H34. The van der Waals surface area contributed by atoms with Crippen molar-refractivity contribution in [1.82, 2.24) is 0 Å². The summed E-state index contributed by atoms with van der Waals surface area (Å²) in [5.74, 6) is 2.85. The minimum atomic E-state index is 0.934. The monoisotopic (exact) mass is 226 g/mol. The van der Waals surface area contributed by atoms with Gasteiger partial charge in [0.05, 0.1) is 0 Å². The second-order valence-electron chi connectivity index (χ2n) is 5.77. The van der Waals surface area contributed by atoms with E-state index in [0.29, 0.717) is 0 Å². The zero-order valence-corrected chi connectivity index (χ0v) is 12.4. The summed E-state index contributed by atoms with van der Waals surface area (Å²) in [5.41, 5.74) is 0. The van der Waals surface area contributed by atoms with Crippen molar-refractivity contribution in [2.45, 2.75) is 86.0 Å². The fourth-order valence-corrected chi connectivity index (χ4v) is 2.85. The molecule has 3 unspecified atom stereocenters. The smallest absolute Gasteiger partial charge is 0.0391 e. The first-order valence-electron chi connectivity index (χ1n) is 7.65. The Labute approximate surface area is 104 Å². The number of unbranched alkanes of at least 4 members (excludes halogenated alkanes) is 2. The summed E-state index contributed by atoms with van der Waals surface area (Å²) in [6.45, 7) is 11.9. The summed E-state index contributed by atoms with van der Waals surface area (Å²) in [6.07, 6.45) is 11.3. The zero-order valence-electron chi connectivity index (χ0n) is 12.4. The number of rotatable bonds is 10. The Balaban J connectivity index is 3.84. The first-order chi connectivity index (χ1) is 7.65. The molecule has 0 amide bonds. The van der Waals surface area contributed by atoms with E-state index in [4.69, 9.17) is 0 Å². The van der Waals surface area contributed by atoms with E-state index in [1.54, 1.807) is 0 Å². The van der Waals surface area contributed by atoms with E-state index in [2.05, 4.69) is 34.6 Å². The van der Waals surface area contributed by atoms with Gasteiger partial charge in [0.1, 0.15) is 0 Å². The molecule has 0 radical (unpaired) electrons. The lowest BCUT2D eigenvalue weighted by molar-refractivity contribution is 0.261. The van der Waals surface area contributed by atoms with Gasteiger partial charge in [-0.15, -0.1) is 0 Å². The van der Waals surface area contributed by atoms with Gasteiger partial charge in [0.25, 0.3) is 0 Å². The Morgan fingerprint density at radius 3 is 1.88 bits per heavy atom. The predicted octanol–water partition coefficient (Wildman–Crippen LogP) is 6.06. The first-order valence-corrected chi connectivity index (χ1v) is 7.65. The molecule has 0 heteroatoms. The topological polar surface area (TPSA) is 0 Å². The van der Waals surface area contributed by atoms with Gasteiger partial charge in [0.15, 0.2) is 0 Å². The van der Waals surface area contributed by atoms with Crippen molar-refractivity contribution < 1.29 is 0 Å². The molecule has 0 saturated heterocycles. The van der Waals surface area contributed by atoms with Gasteiger partial charge in [-0.2, -0.15) is 0 Å². The molecule has 98 valence electrons. The zero-order chi connectivity index (χ0) is 12.4. The van der Waals surface area contributed by atoms with Crippen LogP contribution in [0.25, 0.3) is 0 Å². The quantitative estimate of drug-likeness (QED) is 0.425. The molecule has 0 saturated carbocycles. The SMILES string of the molecule is CCCCC(C)CC(C)C(CC)CCCC. The van der Waals surface area contributed by atoms with Gasteiger partial charge in [-0.05, 0) is 24.2 Å². The molecule has 0 bridgehead atoms. The summed E-state index contributed by atoms with van der Waals surface area (Å²) in [7, 11) is 0. The largest absolute Gasteiger partial charge is 0.0654 e. The lowest BCUT2D eigenvalue weighted by Crippen LogP contribution is -2.14. The molecule has 0 spiro atoms. The van der Waals surface area contributed by atoms with E-state index in [1.807, 2.05) is 0 Å². The van der Waals surface area contributed by atoms with Gasteiger partial charge in [-0.1, -0.05) is 79.6 Å². The summed E-state index contributed by atoms with van der Waals surface area (Å²) >= 11 is 0. The van der Waals surface area contributed by atoms with Crippen LogP contribution in [0.3, 0.4) is 0 Å². The highest BCUT2D eigenvalue weighted by Crippen LogP contribution is 2.28. The molecule has 0 heterocycles. The van der Waals surface area contributed by atoms with Crippen LogP contribution < -0.4 is 0 Å². The molecule has 0 aromatic rings. The third kappa shape index (κ3) is 7.30. The van der Waals surface area contributed by atoms with Crippen LogP contribution in [0.15, 0.2) is 0 Å². The molecule has 0 fully saturated rings. The highest BCUT2D eigenvalue weighted by atomic mass is 14.2. The molecule has 0 N–H and O–H groups in total. The van der Waals surface area contributed by atoms with Crippen molar-refractivity contribution in [3.05, 3.63) is 0 Å². The fourth-order valence-electron chi connectivity index (χ4n) is 2.85. The van der Waals surface area contributed by atoms with E-state index < -0.39 is 0 Å². The van der Waals surface area contributed by atoms with Crippen molar-refractivity contribution in [1.29, 1.82) is 0 Å². The van der Waals surface area contributed by atoms with Crippen molar-refractivity contribution in [3.8, 4) is 0 Å². The Morgan fingerprint density at radius 1 is 0.812 bits per heavy atom. The Kier molecular flexibility index (Phi) is 10.2. The van der Waals surface area contributed by atoms with Crippen LogP contribution in [0.1, 0.15) is 86.0 Å². The van der Waals surface area contributed by atoms with E-state index in [0.717, 1.165) is 17.8 Å². The van der Waals surface area contributed by atoms with Crippen LogP contribution in [-0.2, 0) is 0 Å². The number of hydrogen-bond donors (Lipinski definition) is 0. The Hall–Kier alpha value is 0. The minimum Gasteiger partial charge on any atom is -0.0654 e. The Bertz CT molecular complexity index is 139. The summed E-state index contributed by atoms with van der Waals surface area (Å²) < 4.78 is 0. The number of hydrogen-bond acceptors (Lipinski definition) is 0. The van der Waals surface area contributed by atoms with Crippen molar-refractivity contribution in [2.75, 3.05) is 0 Å². The first kappa shape index (κ1) is 16.0. The van der Waals surface area contributed by atoms with E-state index in [-0.39, 0.29) is 0 Å². The van der Waals surface area contributed by atoms with Crippen LogP contribution in [0.4, 0.5) is 0 Å². The van der Waals surface area contributed by atoms with Crippen molar-refractivity contribution >= 4 is 0 Å². The molecule has 16 heavy (non-hydrogen) atoms. The third-order valence-corrected chi connectivity index (χ3v) is 4.08. The second kappa shape index (κ2) is 10.2. The molecule has 0 aromatic heterocycles. The normalized spacial score (nSPS) is 17.1. The van der Waals surface area contributed by atoms with Crippen LogP contribution in [0, 0.1) is 17.8 Å². The second-order valence-corrected chi connectivity index (χ2v) is 5.77. The summed E-state index contributed by atoms with van der Waals surface area (Å²) in [4.78, 5) is 0. The van der Waals surface area contributed by atoms with E-state index >= 15 is 0 Å². The van der Waals surface area contributed by atoms with E-state index in [9.17, 15) is 0 Å². The van der Waals surface area contributed by atoms with Gasteiger partial charge < -0.3 is 0 Å². The lowest BCUT2D eigenvalue weighted by atomic mass is 9.81. The third-order valence-electron chi connectivity index (χ3n) is 4.08. The molecule has 0 aliphatic rings. The van der Waals surface area contributed by atoms with Gasteiger partial charge in [0, 0.05) is 0 Å². The average Bonchev–Trinajstić information content (AvgIpc) is 2.27. The van der Waals surface area contributed by atoms with Gasteiger partial charge in [0.2, 0.25) is 0 Å². The molecule has 0 aromatic carbocycles. The lowest BCUT2D eigenvalue weighted by Gasteiger charge is -2.25. The maximum absolute atomic E-state index is 2.48. The Morgan fingerprint density at radius 2 is 1.38 bits per heavy atom. The molecular weight excluding hydrogens is 192 g/mol. The average molecular weight is 226 g/mol. The molecule has 0 aliphatic heterocycles. The summed E-state index contributed by atoms with van der Waals surface area (Å²) in [6, 6.07) is 0.